The molecule has 36 heavy (non-hydrogen) atoms. The molecule has 184 valence electrons. The summed E-state index contributed by atoms with van der Waals surface area (Å²) in [7, 11) is 0. The van der Waals surface area contributed by atoms with Crippen LogP contribution in [0.15, 0.2) is 71.7 Å². The van der Waals surface area contributed by atoms with E-state index >= 15 is 0 Å². The van der Waals surface area contributed by atoms with Crippen LogP contribution in [0.5, 0.6) is 0 Å². The number of carboxylic acid groups (broad SMARTS) is 1. The van der Waals surface area contributed by atoms with Gasteiger partial charge in [0.05, 0.1) is 5.56 Å². The second-order valence-corrected chi connectivity index (χ2v) is 8.35. The number of halogens is 4. The Kier molecular flexibility index (Phi) is 5.62. The fourth-order valence-electron chi connectivity index (χ4n) is 4.34. The van der Waals surface area contributed by atoms with Crippen molar-refractivity contribution in [1.82, 2.24) is 9.38 Å². The summed E-state index contributed by atoms with van der Waals surface area (Å²) in [5, 5.41) is 11.6. The van der Waals surface area contributed by atoms with Gasteiger partial charge in [0.15, 0.2) is 6.04 Å². The SMILES string of the molecule is O=C(O)c1ccccc1N[C@@H](c1cc(F)cn2c(=O)cc(N3Cc4ccccc4C3)nc12)C(F)(F)F. The zero-order valence-corrected chi connectivity index (χ0v) is 18.5. The number of carbonyl (C=O) groups is 1. The van der Waals surface area contributed by atoms with E-state index in [1.807, 2.05) is 24.3 Å². The van der Waals surface area contributed by atoms with Crippen molar-refractivity contribution >= 4 is 23.1 Å². The van der Waals surface area contributed by atoms with E-state index in [0.717, 1.165) is 33.9 Å². The van der Waals surface area contributed by atoms with Gasteiger partial charge in [0.25, 0.3) is 5.56 Å². The summed E-state index contributed by atoms with van der Waals surface area (Å²) in [4.78, 5) is 30.5. The molecular formula is C25H18F4N4O3. The van der Waals surface area contributed by atoms with E-state index in [1.54, 1.807) is 4.90 Å². The topological polar surface area (TPSA) is 86.9 Å². The highest BCUT2D eigenvalue weighted by Crippen LogP contribution is 2.38. The summed E-state index contributed by atoms with van der Waals surface area (Å²) in [6.07, 6.45) is -4.22. The van der Waals surface area contributed by atoms with Crippen LogP contribution >= 0.6 is 0 Å². The van der Waals surface area contributed by atoms with E-state index < -0.39 is 46.3 Å². The summed E-state index contributed by atoms with van der Waals surface area (Å²) < 4.78 is 58.1. The molecule has 0 aliphatic carbocycles. The summed E-state index contributed by atoms with van der Waals surface area (Å²) in [5.74, 6) is -2.37. The highest BCUT2D eigenvalue weighted by molar-refractivity contribution is 5.94. The quantitative estimate of drug-likeness (QED) is 0.386. The zero-order chi connectivity index (χ0) is 25.6. The highest BCUT2D eigenvalue weighted by Gasteiger charge is 2.43. The fourth-order valence-corrected chi connectivity index (χ4v) is 4.34. The average Bonchev–Trinajstić information content (AvgIpc) is 3.26. The van der Waals surface area contributed by atoms with Crippen LogP contribution in [0.2, 0.25) is 0 Å². The van der Waals surface area contributed by atoms with Crippen molar-refractivity contribution in [3.63, 3.8) is 0 Å². The van der Waals surface area contributed by atoms with Crippen LogP contribution in [0.3, 0.4) is 0 Å². The lowest BCUT2D eigenvalue weighted by Crippen LogP contribution is -2.31. The molecule has 0 fully saturated rings. The second kappa shape index (κ2) is 8.67. The molecule has 5 rings (SSSR count). The molecular weight excluding hydrogens is 480 g/mol. The molecule has 0 saturated carbocycles. The molecule has 3 heterocycles. The number of nitrogens with zero attached hydrogens (tertiary/aromatic N) is 3. The Morgan fingerprint density at radius 1 is 1.03 bits per heavy atom. The maximum Gasteiger partial charge on any atom is 0.412 e. The molecule has 2 aromatic carbocycles. The largest absolute Gasteiger partial charge is 0.478 e. The Hall–Kier alpha value is -4.41. The Morgan fingerprint density at radius 2 is 1.67 bits per heavy atom. The molecule has 1 atom stereocenters. The lowest BCUT2D eigenvalue weighted by atomic mass is 10.1. The maximum absolute atomic E-state index is 14.5. The van der Waals surface area contributed by atoms with Gasteiger partial charge in [-0.2, -0.15) is 13.2 Å². The molecule has 2 aromatic heterocycles. The van der Waals surface area contributed by atoms with E-state index in [-0.39, 0.29) is 11.5 Å². The summed E-state index contributed by atoms with van der Waals surface area (Å²) >= 11 is 0. The van der Waals surface area contributed by atoms with Crippen LogP contribution in [-0.4, -0.2) is 26.6 Å². The maximum atomic E-state index is 14.5. The number of nitrogens with one attached hydrogen (secondary N) is 1. The van der Waals surface area contributed by atoms with Gasteiger partial charge in [-0.05, 0) is 29.3 Å². The van der Waals surface area contributed by atoms with Crippen LogP contribution in [-0.2, 0) is 13.1 Å². The van der Waals surface area contributed by atoms with Gasteiger partial charge < -0.3 is 15.3 Å². The van der Waals surface area contributed by atoms with Crippen LogP contribution in [0.25, 0.3) is 5.65 Å². The Labute approximate surface area is 201 Å². The molecule has 0 saturated heterocycles. The van der Waals surface area contributed by atoms with E-state index in [9.17, 15) is 32.3 Å². The van der Waals surface area contributed by atoms with Gasteiger partial charge in [-0.15, -0.1) is 0 Å². The normalized spacial score (nSPS) is 14.1. The van der Waals surface area contributed by atoms with Crippen LogP contribution in [0, 0.1) is 5.82 Å². The minimum absolute atomic E-state index is 0.149. The number of hydrogen-bond acceptors (Lipinski definition) is 5. The molecule has 0 bridgehead atoms. The molecule has 0 unspecified atom stereocenters. The fraction of sp³-hybridized carbons (Fsp3) is 0.160. The van der Waals surface area contributed by atoms with Crippen molar-refractivity contribution in [2.75, 3.05) is 10.2 Å². The standard InChI is InChI=1S/C25H18F4N4O3/c26-16-9-18(22(25(27,28)29)30-19-8-4-3-7-17(19)24(35)36)23-31-20(10-21(34)33(23)13-16)32-11-14-5-1-2-6-15(14)12-32/h1-10,13,22,30H,11-12H2,(H,35,36)/t22-/m0/s1. The van der Waals surface area contributed by atoms with Gasteiger partial charge >= 0.3 is 12.1 Å². The van der Waals surface area contributed by atoms with Gasteiger partial charge in [0.1, 0.15) is 17.3 Å². The number of para-hydroxylation sites is 1. The number of hydrogen-bond donors (Lipinski definition) is 2. The van der Waals surface area contributed by atoms with Crippen molar-refractivity contribution in [2.45, 2.75) is 25.3 Å². The third-order valence-corrected chi connectivity index (χ3v) is 6.00. The molecule has 4 aromatic rings. The van der Waals surface area contributed by atoms with Crippen molar-refractivity contribution in [1.29, 1.82) is 0 Å². The number of fused-ring (bicyclic) bond motifs is 2. The van der Waals surface area contributed by atoms with Gasteiger partial charge in [0, 0.05) is 36.6 Å². The van der Waals surface area contributed by atoms with Gasteiger partial charge in [-0.25, -0.2) is 14.2 Å². The Morgan fingerprint density at radius 3 is 2.31 bits per heavy atom. The minimum Gasteiger partial charge on any atom is -0.478 e. The Balaban J connectivity index is 1.65. The monoisotopic (exact) mass is 498 g/mol. The summed E-state index contributed by atoms with van der Waals surface area (Å²) in [6.45, 7) is 0.810. The predicted molar refractivity (Wildman–Crippen MR) is 124 cm³/mol. The van der Waals surface area contributed by atoms with Crippen LogP contribution in [0.1, 0.15) is 33.1 Å². The number of anilines is 2. The molecule has 11 heteroatoms. The molecule has 1 aliphatic heterocycles. The number of aromatic carboxylic acids is 1. The van der Waals surface area contributed by atoms with E-state index in [2.05, 4.69) is 10.3 Å². The predicted octanol–water partition coefficient (Wildman–Crippen LogP) is 4.77. The molecule has 2 N–H and O–H groups in total. The molecule has 0 amide bonds. The number of benzene rings is 2. The van der Waals surface area contributed by atoms with Crippen molar-refractivity contribution in [2.24, 2.45) is 0 Å². The highest BCUT2D eigenvalue weighted by atomic mass is 19.4. The molecule has 0 spiro atoms. The molecule has 1 aliphatic rings. The van der Waals surface area contributed by atoms with E-state index in [0.29, 0.717) is 19.2 Å². The third-order valence-electron chi connectivity index (χ3n) is 6.00. The first-order chi connectivity index (χ1) is 17.1. The lowest BCUT2D eigenvalue weighted by molar-refractivity contribution is -0.143. The first kappa shape index (κ1) is 23.3. The average molecular weight is 498 g/mol. The number of aromatic nitrogens is 2. The third kappa shape index (κ3) is 4.23. The zero-order valence-electron chi connectivity index (χ0n) is 18.5. The van der Waals surface area contributed by atoms with E-state index in [4.69, 9.17) is 0 Å². The number of pyridine rings is 1. The van der Waals surface area contributed by atoms with Crippen molar-refractivity contribution < 1.29 is 27.5 Å². The number of alkyl halides is 3. The first-order valence-corrected chi connectivity index (χ1v) is 10.8. The summed E-state index contributed by atoms with van der Waals surface area (Å²) in [5.41, 5.74) is -0.511. The molecule has 0 radical (unpaired) electrons. The van der Waals surface area contributed by atoms with Crippen molar-refractivity contribution in [3.05, 3.63) is 105 Å². The lowest BCUT2D eigenvalue weighted by Gasteiger charge is -2.25. The first-order valence-electron chi connectivity index (χ1n) is 10.8. The van der Waals surface area contributed by atoms with Crippen molar-refractivity contribution in [3.8, 4) is 0 Å². The van der Waals surface area contributed by atoms with Gasteiger partial charge in [-0.1, -0.05) is 36.4 Å². The van der Waals surface area contributed by atoms with E-state index in [1.165, 1.54) is 18.2 Å². The number of rotatable bonds is 5. The van der Waals surface area contributed by atoms with Crippen LogP contribution in [0.4, 0.5) is 29.1 Å². The Bertz CT molecular complexity index is 1530. The van der Waals surface area contributed by atoms with Gasteiger partial charge in [-0.3, -0.25) is 9.20 Å². The second-order valence-electron chi connectivity index (χ2n) is 8.35. The van der Waals surface area contributed by atoms with Crippen LogP contribution < -0.4 is 15.8 Å². The summed E-state index contributed by atoms with van der Waals surface area (Å²) in [6, 6.07) is 11.9. The number of carboxylic acids is 1. The smallest absolute Gasteiger partial charge is 0.412 e. The minimum atomic E-state index is -4.99. The van der Waals surface area contributed by atoms with Gasteiger partial charge in [0.2, 0.25) is 0 Å². The molecule has 7 nitrogen and oxygen atoms in total.